The SMILES string of the molecule is CC(=O)c1ccc(Oc2c(F)c(F)c(/C=C/CN3CCOCC3)c(F)c2F)cc1.Cl. The molecule has 9 heteroatoms. The molecule has 2 aromatic rings. The molecule has 1 fully saturated rings. The van der Waals surface area contributed by atoms with E-state index in [0.29, 0.717) is 38.4 Å². The van der Waals surface area contributed by atoms with Crippen LogP contribution in [0.4, 0.5) is 17.6 Å². The maximum Gasteiger partial charge on any atom is 0.205 e. The third-order valence-electron chi connectivity index (χ3n) is 4.49. The van der Waals surface area contributed by atoms with Crippen LogP contribution in [0.2, 0.25) is 0 Å². The third kappa shape index (κ3) is 5.38. The number of rotatable bonds is 6. The molecule has 162 valence electrons. The topological polar surface area (TPSA) is 38.8 Å². The number of carbonyl (C=O) groups is 1. The molecule has 0 atom stereocenters. The van der Waals surface area contributed by atoms with Crippen molar-refractivity contribution in [3.05, 3.63) is 64.7 Å². The lowest BCUT2D eigenvalue weighted by Gasteiger charge is -2.25. The van der Waals surface area contributed by atoms with Crippen molar-refractivity contribution in [2.45, 2.75) is 6.92 Å². The van der Waals surface area contributed by atoms with Crippen molar-refractivity contribution >= 4 is 24.3 Å². The molecule has 2 aromatic carbocycles. The van der Waals surface area contributed by atoms with Crippen LogP contribution in [0.1, 0.15) is 22.8 Å². The van der Waals surface area contributed by atoms with Gasteiger partial charge in [0.1, 0.15) is 5.75 Å². The summed E-state index contributed by atoms with van der Waals surface area (Å²) in [5.74, 6) is -7.81. The average molecular weight is 446 g/mol. The summed E-state index contributed by atoms with van der Waals surface area (Å²) >= 11 is 0. The third-order valence-corrected chi connectivity index (χ3v) is 4.49. The van der Waals surface area contributed by atoms with Crippen molar-refractivity contribution in [1.29, 1.82) is 0 Å². The molecule has 0 N–H and O–H groups in total. The van der Waals surface area contributed by atoms with Gasteiger partial charge in [0.2, 0.25) is 17.4 Å². The summed E-state index contributed by atoms with van der Waals surface area (Å²) in [6, 6.07) is 5.31. The summed E-state index contributed by atoms with van der Waals surface area (Å²) < 4.78 is 67.6. The second-order valence-corrected chi connectivity index (χ2v) is 6.50. The van der Waals surface area contributed by atoms with Gasteiger partial charge < -0.3 is 9.47 Å². The number of ether oxygens (including phenoxy) is 2. The number of ketones is 1. The van der Waals surface area contributed by atoms with Crippen LogP contribution in [0, 0.1) is 23.3 Å². The summed E-state index contributed by atoms with van der Waals surface area (Å²) in [5.41, 5.74) is -0.455. The minimum absolute atomic E-state index is 0. The van der Waals surface area contributed by atoms with Crippen LogP contribution in [0.3, 0.4) is 0 Å². The fourth-order valence-electron chi connectivity index (χ4n) is 2.84. The quantitative estimate of drug-likeness (QED) is 0.356. The number of hydrogen-bond acceptors (Lipinski definition) is 4. The number of morpholine rings is 1. The minimum atomic E-state index is -1.63. The monoisotopic (exact) mass is 445 g/mol. The predicted octanol–water partition coefficient (Wildman–Crippen LogP) is 5.01. The molecule has 0 unspecified atom stereocenters. The Morgan fingerprint density at radius 1 is 1.03 bits per heavy atom. The zero-order valence-electron chi connectivity index (χ0n) is 16.1. The molecular formula is C21H20ClF4NO3. The van der Waals surface area contributed by atoms with Gasteiger partial charge in [-0.3, -0.25) is 9.69 Å². The van der Waals surface area contributed by atoms with Gasteiger partial charge in [0.15, 0.2) is 17.4 Å². The van der Waals surface area contributed by atoms with Crippen LogP contribution in [0.25, 0.3) is 6.08 Å². The molecule has 1 aliphatic heterocycles. The van der Waals surface area contributed by atoms with Crippen LogP contribution in [-0.4, -0.2) is 43.5 Å². The van der Waals surface area contributed by atoms with Gasteiger partial charge in [-0.25, -0.2) is 8.78 Å². The number of Topliss-reactive ketones (excluding diaryl/α,β-unsaturated/α-hetero) is 1. The van der Waals surface area contributed by atoms with Crippen molar-refractivity contribution < 1.29 is 31.8 Å². The normalized spacial score (nSPS) is 14.6. The van der Waals surface area contributed by atoms with Gasteiger partial charge in [0.25, 0.3) is 0 Å². The summed E-state index contributed by atoms with van der Waals surface area (Å²) in [6.07, 6.45) is 2.45. The first-order chi connectivity index (χ1) is 13.9. The second kappa shape index (κ2) is 10.6. The fraction of sp³-hybridized carbons (Fsp3) is 0.286. The van der Waals surface area contributed by atoms with Gasteiger partial charge in [0, 0.05) is 25.2 Å². The highest BCUT2D eigenvalue weighted by Gasteiger charge is 2.26. The number of hydrogen-bond donors (Lipinski definition) is 0. The maximum absolute atomic E-state index is 14.4. The van der Waals surface area contributed by atoms with E-state index in [1.54, 1.807) is 0 Å². The van der Waals surface area contributed by atoms with Crippen LogP contribution >= 0.6 is 12.4 Å². The highest BCUT2D eigenvalue weighted by atomic mass is 35.5. The summed E-state index contributed by atoms with van der Waals surface area (Å²) in [5, 5.41) is 0. The van der Waals surface area contributed by atoms with Crippen LogP contribution in [0.15, 0.2) is 30.3 Å². The Hall–Kier alpha value is -2.42. The lowest BCUT2D eigenvalue weighted by molar-refractivity contribution is 0.0435. The number of nitrogens with zero attached hydrogens (tertiary/aromatic N) is 1. The van der Waals surface area contributed by atoms with E-state index in [1.807, 2.05) is 4.90 Å². The van der Waals surface area contributed by atoms with E-state index in [4.69, 9.17) is 9.47 Å². The van der Waals surface area contributed by atoms with E-state index in [1.165, 1.54) is 37.3 Å². The van der Waals surface area contributed by atoms with Gasteiger partial charge in [-0.2, -0.15) is 8.78 Å². The zero-order chi connectivity index (χ0) is 21.0. The first kappa shape index (κ1) is 23.9. The highest BCUT2D eigenvalue weighted by molar-refractivity contribution is 5.94. The van der Waals surface area contributed by atoms with Crippen LogP contribution < -0.4 is 4.74 Å². The average Bonchev–Trinajstić information content (AvgIpc) is 2.73. The lowest BCUT2D eigenvalue weighted by Crippen LogP contribution is -2.36. The highest BCUT2D eigenvalue weighted by Crippen LogP contribution is 2.34. The van der Waals surface area contributed by atoms with Crippen molar-refractivity contribution in [3.63, 3.8) is 0 Å². The number of halogens is 5. The van der Waals surface area contributed by atoms with Crippen molar-refractivity contribution in [2.75, 3.05) is 32.8 Å². The molecule has 0 aromatic heterocycles. The largest absolute Gasteiger partial charge is 0.451 e. The number of carbonyl (C=O) groups excluding carboxylic acids is 1. The molecule has 0 bridgehead atoms. The summed E-state index contributed by atoms with van der Waals surface area (Å²) in [7, 11) is 0. The maximum atomic E-state index is 14.4. The Morgan fingerprint density at radius 2 is 1.60 bits per heavy atom. The van der Waals surface area contributed by atoms with Crippen LogP contribution in [0.5, 0.6) is 11.5 Å². The molecule has 1 saturated heterocycles. The molecule has 0 saturated carbocycles. The van der Waals surface area contributed by atoms with Crippen molar-refractivity contribution in [3.8, 4) is 11.5 Å². The standard InChI is InChI=1S/C21H19F4NO3.ClH/c1-13(27)14-4-6-15(7-5-14)29-21-19(24)17(22)16(18(23)20(21)25)3-2-8-26-9-11-28-12-10-26;/h2-7H,8-12H2,1H3;1H/b3-2+;. The van der Waals surface area contributed by atoms with Crippen molar-refractivity contribution in [1.82, 2.24) is 4.90 Å². The smallest absolute Gasteiger partial charge is 0.205 e. The van der Waals surface area contributed by atoms with E-state index < -0.39 is 34.6 Å². The predicted molar refractivity (Wildman–Crippen MR) is 106 cm³/mol. The zero-order valence-corrected chi connectivity index (χ0v) is 16.9. The van der Waals surface area contributed by atoms with Gasteiger partial charge in [-0.05, 0) is 31.2 Å². The molecule has 30 heavy (non-hydrogen) atoms. The van der Waals surface area contributed by atoms with Crippen LogP contribution in [-0.2, 0) is 4.74 Å². The van der Waals surface area contributed by atoms with E-state index >= 15 is 0 Å². The first-order valence-electron chi connectivity index (χ1n) is 9.00. The van der Waals surface area contributed by atoms with Crippen molar-refractivity contribution in [2.24, 2.45) is 0 Å². The van der Waals surface area contributed by atoms with E-state index in [-0.39, 0.29) is 23.9 Å². The van der Waals surface area contributed by atoms with Gasteiger partial charge in [-0.1, -0.05) is 12.2 Å². The molecule has 0 amide bonds. The van der Waals surface area contributed by atoms with E-state index in [0.717, 1.165) is 6.08 Å². The summed E-state index contributed by atoms with van der Waals surface area (Å²) in [4.78, 5) is 13.2. The second-order valence-electron chi connectivity index (χ2n) is 6.50. The molecular weight excluding hydrogens is 426 g/mol. The molecule has 1 heterocycles. The van der Waals surface area contributed by atoms with Gasteiger partial charge in [0.05, 0.1) is 18.8 Å². The first-order valence-corrected chi connectivity index (χ1v) is 9.00. The molecule has 4 nitrogen and oxygen atoms in total. The van der Waals surface area contributed by atoms with Gasteiger partial charge in [-0.15, -0.1) is 12.4 Å². The Kier molecular flexibility index (Phi) is 8.40. The molecule has 0 aliphatic carbocycles. The molecule has 1 aliphatic rings. The van der Waals surface area contributed by atoms with E-state index in [2.05, 4.69) is 0 Å². The van der Waals surface area contributed by atoms with Gasteiger partial charge >= 0.3 is 0 Å². The minimum Gasteiger partial charge on any atom is -0.451 e. The lowest BCUT2D eigenvalue weighted by atomic mass is 10.1. The molecule has 0 radical (unpaired) electrons. The Morgan fingerprint density at radius 3 is 2.13 bits per heavy atom. The molecule has 3 rings (SSSR count). The van der Waals surface area contributed by atoms with E-state index in [9.17, 15) is 22.4 Å². The summed E-state index contributed by atoms with van der Waals surface area (Å²) in [6.45, 7) is 4.15. The number of benzene rings is 2. The Bertz CT molecular complexity index is 900. The molecule has 0 spiro atoms. The Balaban J connectivity index is 0.00000320. The Labute approximate surface area is 177 Å². The fourth-order valence-corrected chi connectivity index (χ4v) is 2.84.